The van der Waals surface area contributed by atoms with Crippen LogP contribution >= 0.6 is 11.8 Å². The van der Waals surface area contributed by atoms with Gasteiger partial charge in [-0.3, -0.25) is 10.4 Å². The Morgan fingerprint density at radius 2 is 1.75 bits per heavy atom. The van der Waals surface area contributed by atoms with Gasteiger partial charge in [-0.15, -0.1) is 11.8 Å². The number of benzene rings is 1. The zero-order valence-electron chi connectivity index (χ0n) is 20.6. The van der Waals surface area contributed by atoms with Crippen molar-refractivity contribution < 1.29 is 9.53 Å². The summed E-state index contributed by atoms with van der Waals surface area (Å²) >= 11 is 1.75. The maximum absolute atomic E-state index is 12.5. The van der Waals surface area contributed by atoms with E-state index < -0.39 is 5.60 Å². The lowest BCUT2D eigenvalue weighted by Gasteiger charge is -2.41. The van der Waals surface area contributed by atoms with E-state index in [9.17, 15) is 4.79 Å². The van der Waals surface area contributed by atoms with Crippen LogP contribution in [0, 0.1) is 5.92 Å². The Bertz CT molecular complexity index is 863. The molecule has 0 unspecified atom stereocenters. The molecule has 3 rings (SSSR count). The molecule has 176 valence electrons. The maximum atomic E-state index is 12.5. The van der Waals surface area contributed by atoms with Crippen molar-refractivity contribution in [3.8, 4) is 0 Å². The number of hydrogen-bond acceptors (Lipinski definition) is 6. The van der Waals surface area contributed by atoms with Crippen molar-refractivity contribution in [1.29, 1.82) is 0 Å². The fraction of sp³-hybridized carbons (Fsp3) is 0.560. The van der Waals surface area contributed by atoms with Crippen molar-refractivity contribution in [3.63, 3.8) is 0 Å². The third-order valence-electron chi connectivity index (χ3n) is 5.53. The predicted octanol–water partition coefficient (Wildman–Crippen LogP) is 5.01. The Morgan fingerprint density at radius 3 is 2.28 bits per heavy atom. The number of hydrogen-bond donors (Lipinski definition) is 1. The molecule has 2 heterocycles. The molecule has 1 saturated heterocycles. The summed E-state index contributed by atoms with van der Waals surface area (Å²) in [5, 5.41) is 2.26. The number of nitrogens with zero attached hydrogens (tertiary/aromatic N) is 3. The van der Waals surface area contributed by atoms with Gasteiger partial charge < -0.3 is 14.5 Å². The highest BCUT2D eigenvalue weighted by Crippen LogP contribution is 2.28. The Balaban J connectivity index is 1.80. The fourth-order valence-electron chi connectivity index (χ4n) is 3.88. The van der Waals surface area contributed by atoms with Crippen LogP contribution in [0.15, 0.2) is 46.6 Å². The Kier molecular flexibility index (Phi) is 7.70. The number of carbonyl (C=O) groups excluding carboxylic acids is 1. The van der Waals surface area contributed by atoms with Crippen LogP contribution in [-0.2, 0) is 4.74 Å². The summed E-state index contributed by atoms with van der Waals surface area (Å²) in [6, 6.07) is 8.69. The smallest absolute Gasteiger partial charge is 0.410 e. The van der Waals surface area contributed by atoms with Gasteiger partial charge in [-0.1, -0.05) is 26.0 Å². The molecule has 0 spiro atoms. The minimum Gasteiger partial charge on any atom is -0.444 e. The van der Waals surface area contributed by atoms with E-state index in [4.69, 9.17) is 4.74 Å². The summed E-state index contributed by atoms with van der Waals surface area (Å²) in [7, 11) is 0. The van der Waals surface area contributed by atoms with Crippen LogP contribution in [0.4, 0.5) is 4.79 Å². The number of nitrogens with one attached hydrogen (secondary N) is 1. The van der Waals surface area contributed by atoms with E-state index >= 15 is 0 Å². The van der Waals surface area contributed by atoms with E-state index in [0.717, 1.165) is 25.3 Å². The lowest BCUT2D eigenvalue weighted by Crippen LogP contribution is -2.51. The van der Waals surface area contributed by atoms with E-state index in [2.05, 4.69) is 72.7 Å². The van der Waals surface area contributed by atoms with E-state index in [1.54, 1.807) is 11.8 Å². The second-order valence-corrected chi connectivity index (χ2v) is 10.7. The van der Waals surface area contributed by atoms with Gasteiger partial charge in [0, 0.05) is 37.6 Å². The van der Waals surface area contributed by atoms with Crippen LogP contribution in [0.5, 0.6) is 0 Å². The Hall–Kier alpha value is -2.28. The first-order valence-corrected chi connectivity index (χ1v) is 12.6. The number of allylic oxidation sites excluding steroid dienone is 2. The summed E-state index contributed by atoms with van der Waals surface area (Å²) in [6.45, 7) is 16.2. The van der Waals surface area contributed by atoms with E-state index in [1.165, 1.54) is 21.9 Å². The second-order valence-electron chi connectivity index (χ2n) is 9.83. The van der Waals surface area contributed by atoms with Crippen LogP contribution in [0.2, 0.25) is 0 Å². The van der Waals surface area contributed by atoms with Crippen LogP contribution in [0.3, 0.4) is 0 Å². The van der Waals surface area contributed by atoms with Gasteiger partial charge in [0.25, 0.3) is 0 Å². The molecule has 0 saturated carbocycles. The van der Waals surface area contributed by atoms with Crippen LogP contribution < -0.4 is 5.43 Å². The molecule has 0 bridgehead atoms. The molecule has 1 amide bonds. The second kappa shape index (κ2) is 10.1. The van der Waals surface area contributed by atoms with Gasteiger partial charge >= 0.3 is 6.09 Å². The fourth-order valence-corrected chi connectivity index (χ4v) is 4.29. The van der Waals surface area contributed by atoms with E-state index in [1.807, 2.05) is 25.7 Å². The van der Waals surface area contributed by atoms with Crippen molar-refractivity contribution in [1.82, 2.24) is 20.2 Å². The normalized spacial score (nSPS) is 17.5. The molecule has 6 nitrogen and oxygen atoms in total. The molecule has 32 heavy (non-hydrogen) atoms. The van der Waals surface area contributed by atoms with E-state index in [-0.39, 0.29) is 6.09 Å². The third kappa shape index (κ3) is 6.15. The van der Waals surface area contributed by atoms with Gasteiger partial charge in [-0.05, 0) is 63.6 Å². The lowest BCUT2D eigenvalue weighted by molar-refractivity contribution is 0.0168. The number of thioether (sulfide) groups is 1. The number of amides is 1. The summed E-state index contributed by atoms with van der Waals surface area (Å²) in [4.78, 5) is 17.9. The molecule has 1 aromatic carbocycles. The molecule has 0 aliphatic carbocycles. The minimum atomic E-state index is -0.469. The van der Waals surface area contributed by atoms with Gasteiger partial charge in [-0.2, -0.15) is 0 Å². The molecule has 2 aliphatic heterocycles. The first kappa shape index (κ1) is 24.4. The first-order valence-electron chi connectivity index (χ1n) is 11.4. The highest BCUT2D eigenvalue weighted by molar-refractivity contribution is 7.98. The Labute approximate surface area is 197 Å². The van der Waals surface area contributed by atoms with Crippen molar-refractivity contribution in [2.75, 3.05) is 39.0 Å². The number of piperazine rings is 1. The quantitative estimate of drug-likeness (QED) is 0.626. The molecule has 7 heteroatoms. The van der Waals surface area contributed by atoms with Gasteiger partial charge in [0.1, 0.15) is 5.60 Å². The minimum absolute atomic E-state index is 0.222. The predicted molar refractivity (Wildman–Crippen MR) is 133 cm³/mol. The molecular weight excluding hydrogens is 420 g/mol. The third-order valence-corrected chi connectivity index (χ3v) is 6.28. The van der Waals surface area contributed by atoms with Gasteiger partial charge in [0.05, 0.1) is 17.1 Å². The summed E-state index contributed by atoms with van der Waals surface area (Å²) in [5.74, 6) is 0.529. The molecule has 1 N–H and O–H groups in total. The monoisotopic (exact) mass is 458 g/mol. The summed E-state index contributed by atoms with van der Waals surface area (Å²) < 4.78 is 5.56. The molecule has 1 aromatic rings. The molecule has 0 aromatic heterocycles. The highest BCUT2D eigenvalue weighted by Gasteiger charge is 2.29. The van der Waals surface area contributed by atoms with Crippen LogP contribution in [-0.4, -0.2) is 65.5 Å². The lowest BCUT2D eigenvalue weighted by atomic mass is 10.1. The van der Waals surface area contributed by atoms with Crippen LogP contribution in [0.1, 0.15) is 47.1 Å². The molecule has 0 radical (unpaired) electrons. The van der Waals surface area contributed by atoms with Crippen molar-refractivity contribution in [2.45, 2.75) is 52.0 Å². The van der Waals surface area contributed by atoms with Gasteiger partial charge in [0.15, 0.2) is 0 Å². The van der Waals surface area contributed by atoms with Crippen molar-refractivity contribution >= 4 is 23.6 Å². The zero-order chi connectivity index (χ0) is 23.5. The molecule has 0 atom stereocenters. The average molecular weight is 459 g/mol. The van der Waals surface area contributed by atoms with Gasteiger partial charge in [0.2, 0.25) is 0 Å². The van der Waals surface area contributed by atoms with Crippen molar-refractivity contribution in [3.05, 3.63) is 47.3 Å². The largest absolute Gasteiger partial charge is 0.444 e. The standard InChI is InChI=1S/C25H38N4O2S/c1-18(2)17-29-19(3)23(16-22(26-29)20-8-10-21(32-7)11-9-20)27-12-14-28(15-13-27)24(30)31-25(4,5)6/h8-11,16,18,26H,12-15,17H2,1-7H3. The van der Waals surface area contributed by atoms with E-state index in [0.29, 0.717) is 19.0 Å². The topological polar surface area (TPSA) is 48.1 Å². The van der Waals surface area contributed by atoms with Gasteiger partial charge in [-0.25, -0.2) is 4.79 Å². The number of carbonyl (C=O) groups is 1. The number of ether oxygens (including phenoxy) is 1. The molecule has 2 aliphatic rings. The summed E-state index contributed by atoms with van der Waals surface area (Å²) in [6.07, 6.45) is 4.13. The number of hydrazine groups is 1. The highest BCUT2D eigenvalue weighted by atomic mass is 32.2. The SMILES string of the molecule is CSc1ccc(C2=CC(N3CCN(C(=O)OC(C)(C)C)CC3)=C(C)N(CC(C)C)N2)cc1. The maximum Gasteiger partial charge on any atom is 0.410 e. The van der Waals surface area contributed by atoms with Crippen molar-refractivity contribution in [2.24, 2.45) is 5.92 Å². The molecule has 1 fully saturated rings. The molecular formula is C25H38N4O2S. The van der Waals surface area contributed by atoms with Crippen LogP contribution in [0.25, 0.3) is 5.70 Å². The summed E-state index contributed by atoms with van der Waals surface area (Å²) in [5.41, 5.74) is 7.88. The Morgan fingerprint density at radius 1 is 1.12 bits per heavy atom. The first-order chi connectivity index (χ1) is 15.1. The average Bonchev–Trinajstić information content (AvgIpc) is 2.74. The zero-order valence-corrected chi connectivity index (χ0v) is 21.4. The number of rotatable bonds is 5.